The van der Waals surface area contributed by atoms with Gasteiger partial charge in [-0.05, 0) is 0 Å². The summed E-state index contributed by atoms with van der Waals surface area (Å²) >= 11 is 0. The highest BCUT2D eigenvalue weighted by atomic mass is 16.4. The largest absolute Gasteiger partial charge is 0.481 e. The second kappa shape index (κ2) is 3.90. The Morgan fingerprint density at radius 3 is 3.00 bits per heavy atom. The van der Waals surface area contributed by atoms with Crippen molar-refractivity contribution < 1.29 is 14.3 Å². The Balaban J connectivity index is 2.47. The van der Waals surface area contributed by atoms with E-state index in [4.69, 9.17) is 9.52 Å². The van der Waals surface area contributed by atoms with Crippen LogP contribution in [0.5, 0.6) is 0 Å². The highest BCUT2D eigenvalue weighted by molar-refractivity contribution is 5.66. The van der Waals surface area contributed by atoms with Crippen LogP contribution in [0, 0.1) is 0 Å². The molecule has 1 N–H and O–H groups in total. The molecule has 0 aliphatic carbocycles. The van der Waals surface area contributed by atoms with Gasteiger partial charge in [-0.1, -0.05) is 6.92 Å². The first kappa shape index (κ1) is 8.77. The number of carbonyl (C=O) groups is 1. The standard InChI is InChI=1S/C8H11NO3/c1-2-7-9-5-6(12-7)3-4-8(10)11/h5H,2-4H2,1H3,(H,10,11). The molecule has 0 saturated carbocycles. The normalized spacial score (nSPS) is 10.1. The fraction of sp³-hybridized carbons (Fsp3) is 0.500. The van der Waals surface area contributed by atoms with E-state index in [1.807, 2.05) is 6.92 Å². The topological polar surface area (TPSA) is 63.3 Å². The molecule has 1 rings (SSSR count). The van der Waals surface area contributed by atoms with Gasteiger partial charge >= 0.3 is 5.97 Å². The van der Waals surface area contributed by atoms with Crippen LogP contribution >= 0.6 is 0 Å². The number of aryl methyl sites for hydroxylation is 2. The monoisotopic (exact) mass is 169 g/mol. The van der Waals surface area contributed by atoms with Crippen molar-refractivity contribution in [1.82, 2.24) is 4.98 Å². The van der Waals surface area contributed by atoms with Crippen LogP contribution in [0.2, 0.25) is 0 Å². The molecule has 4 nitrogen and oxygen atoms in total. The summed E-state index contributed by atoms with van der Waals surface area (Å²) < 4.78 is 5.21. The van der Waals surface area contributed by atoms with Gasteiger partial charge in [0.1, 0.15) is 5.76 Å². The van der Waals surface area contributed by atoms with Gasteiger partial charge in [0.2, 0.25) is 0 Å². The SMILES string of the molecule is CCc1ncc(CCC(=O)O)o1. The Morgan fingerprint density at radius 1 is 1.75 bits per heavy atom. The predicted molar refractivity (Wildman–Crippen MR) is 41.8 cm³/mol. The number of carboxylic acid groups (broad SMARTS) is 1. The summed E-state index contributed by atoms with van der Waals surface area (Å²) in [4.78, 5) is 14.1. The zero-order valence-electron chi connectivity index (χ0n) is 6.91. The smallest absolute Gasteiger partial charge is 0.303 e. The van der Waals surface area contributed by atoms with Crippen LogP contribution in [0.1, 0.15) is 25.0 Å². The highest BCUT2D eigenvalue weighted by Crippen LogP contribution is 2.06. The molecular weight excluding hydrogens is 158 g/mol. The van der Waals surface area contributed by atoms with E-state index in [9.17, 15) is 4.79 Å². The molecule has 1 aromatic heterocycles. The molecule has 0 aromatic carbocycles. The Labute approximate surface area is 70.2 Å². The molecule has 0 unspecified atom stereocenters. The zero-order chi connectivity index (χ0) is 8.97. The molecule has 0 amide bonds. The molecule has 0 aliphatic heterocycles. The van der Waals surface area contributed by atoms with E-state index >= 15 is 0 Å². The first-order valence-corrected chi connectivity index (χ1v) is 3.87. The number of oxazole rings is 1. The number of aliphatic carboxylic acids is 1. The minimum absolute atomic E-state index is 0.0956. The van der Waals surface area contributed by atoms with Crippen LogP contribution in [-0.2, 0) is 17.6 Å². The van der Waals surface area contributed by atoms with E-state index in [0.717, 1.165) is 6.42 Å². The third kappa shape index (κ3) is 2.38. The van der Waals surface area contributed by atoms with Gasteiger partial charge in [0.05, 0.1) is 12.6 Å². The molecule has 0 aliphatic rings. The molecule has 12 heavy (non-hydrogen) atoms. The van der Waals surface area contributed by atoms with Crippen molar-refractivity contribution in [1.29, 1.82) is 0 Å². The van der Waals surface area contributed by atoms with Crippen molar-refractivity contribution in [3.63, 3.8) is 0 Å². The fourth-order valence-corrected chi connectivity index (χ4v) is 0.857. The number of hydrogen-bond donors (Lipinski definition) is 1. The van der Waals surface area contributed by atoms with Crippen LogP contribution in [0.15, 0.2) is 10.6 Å². The van der Waals surface area contributed by atoms with Gasteiger partial charge < -0.3 is 9.52 Å². The minimum Gasteiger partial charge on any atom is -0.481 e. The van der Waals surface area contributed by atoms with Gasteiger partial charge in [-0.2, -0.15) is 0 Å². The quantitative estimate of drug-likeness (QED) is 0.736. The number of rotatable bonds is 4. The molecule has 1 heterocycles. The predicted octanol–water partition coefficient (Wildman–Crippen LogP) is 1.25. The van der Waals surface area contributed by atoms with Crippen LogP contribution in [0.25, 0.3) is 0 Å². The molecule has 0 fully saturated rings. The van der Waals surface area contributed by atoms with Crippen molar-refractivity contribution in [2.45, 2.75) is 26.2 Å². The second-order valence-corrected chi connectivity index (χ2v) is 2.47. The van der Waals surface area contributed by atoms with Crippen molar-refractivity contribution in [2.24, 2.45) is 0 Å². The molecular formula is C8H11NO3. The molecule has 4 heteroatoms. The summed E-state index contributed by atoms with van der Waals surface area (Å²) in [6.07, 6.45) is 2.84. The Bertz CT molecular complexity index is 267. The van der Waals surface area contributed by atoms with Crippen molar-refractivity contribution in [3.05, 3.63) is 17.8 Å². The van der Waals surface area contributed by atoms with E-state index in [2.05, 4.69) is 4.98 Å². The summed E-state index contributed by atoms with van der Waals surface area (Å²) in [6, 6.07) is 0. The van der Waals surface area contributed by atoms with E-state index in [1.54, 1.807) is 6.20 Å². The highest BCUT2D eigenvalue weighted by Gasteiger charge is 2.04. The lowest BCUT2D eigenvalue weighted by atomic mass is 10.3. The van der Waals surface area contributed by atoms with Crippen LogP contribution < -0.4 is 0 Å². The summed E-state index contributed by atoms with van der Waals surface area (Å²) in [5, 5.41) is 8.38. The number of nitrogens with zero attached hydrogens (tertiary/aromatic N) is 1. The van der Waals surface area contributed by atoms with Crippen LogP contribution in [0.3, 0.4) is 0 Å². The Kier molecular flexibility index (Phi) is 2.85. The van der Waals surface area contributed by atoms with Gasteiger partial charge in [0.25, 0.3) is 0 Å². The lowest BCUT2D eigenvalue weighted by Crippen LogP contribution is -1.96. The number of aromatic nitrogens is 1. The van der Waals surface area contributed by atoms with Crippen molar-refractivity contribution >= 4 is 5.97 Å². The molecule has 0 saturated heterocycles. The molecule has 0 radical (unpaired) electrons. The summed E-state index contributed by atoms with van der Waals surface area (Å²) in [5.41, 5.74) is 0. The lowest BCUT2D eigenvalue weighted by molar-refractivity contribution is -0.137. The fourth-order valence-electron chi connectivity index (χ4n) is 0.857. The first-order chi connectivity index (χ1) is 5.72. The molecule has 1 aromatic rings. The van der Waals surface area contributed by atoms with Crippen LogP contribution in [-0.4, -0.2) is 16.1 Å². The lowest BCUT2D eigenvalue weighted by Gasteiger charge is -1.90. The average Bonchev–Trinajstić information content (AvgIpc) is 2.48. The van der Waals surface area contributed by atoms with Gasteiger partial charge in [-0.15, -0.1) is 0 Å². The molecule has 0 atom stereocenters. The van der Waals surface area contributed by atoms with Gasteiger partial charge in [-0.3, -0.25) is 4.79 Å². The third-order valence-electron chi connectivity index (χ3n) is 1.49. The molecule has 0 bridgehead atoms. The minimum atomic E-state index is -0.815. The summed E-state index contributed by atoms with van der Waals surface area (Å²) in [6.45, 7) is 1.94. The van der Waals surface area contributed by atoms with E-state index in [-0.39, 0.29) is 6.42 Å². The summed E-state index contributed by atoms with van der Waals surface area (Å²) in [7, 11) is 0. The van der Waals surface area contributed by atoms with Crippen molar-refractivity contribution in [2.75, 3.05) is 0 Å². The summed E-state index contributed by atoms with van der Waals surface area (Å²) in [5.74, 6) is 0.495. The van der Waals surface area contributed by atoms with Crippen molar-refractivity contribution in [3.8, 4) is 0 Å². The average molecular weight is 169 g/mol. The van der Waals surface area contributed by atoms with Gasteiger partial charge in [-0.25, -0.2) is 4.98 Å². The third-order valence-corrected chi connectivity index (χ3v) is 1.49. The zero-order valence-corrected chi connectivity index (χ0v) is 6.91. The van der Waals surface area contributed by atoms with Crippen LogP contribution in [0.4, 0.5) is 0 Å². The maximum Gasteiger partial charge on any atom is 0.303 e. The maximum absolute atomic E-state index is 10.2. The van der Waals surface area contributed by atoms with Gasteiger partial charge in [0, 0.05) is 12.8 Å². The van der Waals surface area contributed by atoms with Gasteiger partial charge in [0.15, 0.2) is 5.89 Å². The molecule has 0 spiro atoms. The molecule has 66 valence electrons. The maximum atomic E-state index is 10.2. The van der Waals surface area contributed by atoms with E-state index in [0.29, 0.717) is 18.1 Å². The number of carboxylic acids is 1. The Morgan fingerprint density at radius 2 is 2.50 bits per heavy atom. The van der Waals surface area contributed by atoms with E-state index in [1.165, 1.54) is 0 Å². The van der Waals surface area contributed by atoms with E-state index < -0.39 is 5.97 Å². The Hall–Kier alpha value is -1.32. The first-order valence-electron chi connectivity index (χ1n) is 3.87. The second-order valence-electron chi connectivity index (χ2n) is 2.47. The number of hydrogen-bond acceptors (Lipinski definition) is 3.